The molecule has 1 N–H and O–H groups in total. The molecular formula is C11H10FN3O2. The van der Waals surface area contributed by atoms with Gasteiger partial charge in [0.1, 0.15) is 11.5 Å². The second kappa shape index (κ2) is 4.32. The van der Waals surface area contributed by atoms with Crippen LogP contribution in [0.15, 0.2) is 24.3 Å². The average Bonchev–Trinajstić information content (AvgIpc) is 2.72. The lowest BCUT2D eigenvalue weighted by Crippen LogP contribution is -2.03. The molecule has 5 nitrogen and oxygen atoms in total. The molecule has 0 aliphatic carbocycles. The Hall–Kier alpha value is -2.24. The normalized spacial score (nSPS) is 10.5. The highest BCUT2D eigenvalue weighted by molar-refractivity contribution is 5.92. The molecular weight excluding hydrogens is 225 g/mol. The van der Waals surface area contributed by atoms with E-state index in [9.17, 15) is 9.18 Å². The molecule has 2 aromatic rings. The van der Waals surface area contributed by atoms with Gasteiger partial charge in [0.25, 0.3) is 0 Å². The van der Waals surface area contributed by atoms with Crippen molar-refractivity contribution in [3.8, 4) is 11.3 Å². The first-order valence-corrected chi connectivity index (χ1v) is 5.06. The van der Waals surface area contributed by atoms with Gasteiger partial charge in [0, 0.05) is 12.1 Å². The van der Waals surface area contributed by atoms with Crippen LogP contribution in [-0.4, -0.2) is 26.1 Å². The van der Waals surface area contributed by atoms with Gasteiger partial charge in [0.15, 0.2) is 5.69 Å². The topological polar surface area (TPSA) is 68.0 Å². The fourth-order valence-electron chi connectivity index (χ4n) is 1.60. The van der Waals surface area contributed by atoms with Crippen molar-refractivity contribution < 1.29 is 14.3 Å². The molecule has 0 aliphatic heterocycles. The van der Waals surface area contributed by atoms with Gasteiger partial charge >= 0.3 is 5.97 Å². The number of hydrogen-bond donors (Lipinski definition) is 1. The Balaban J connectivity index is 2.64. The van der Waals surface area contributed by atoms with Crippen LogP contribution in [0.4, 0.5) is 4.39 Å². The number of carboxylic acids is 1. The van der Waals surface area contributed by atoms with Crippen molar-refractivity contribution in [3.05, 3.63) is 35.8 Å². The number of benzene rings is 1. The molecule has 0 saturated heterocycles. The zero-order valence-electron chi connectivity index (χ0n) is 9.09. The van der Waals surface area contributed by atoms with Gasteiger partial charge in [-0.2, -0.15) is 0 Å². The van der Waals surface area contributed by atoms with Crippen LogP contribution < -0.4 is 0 Å². The molecule has 0 amide bonds. The van der Waals surface area contributed by atoms with E-state index < -0.39 is 11.8 Å². The van der Waals surface area contributed by atoms with Crippen LogP contribution in [0.2, 0.25) is 0 Å². The van der Waals surface area contributed by atoms with Gasteiger partial charge < -0.3 is 5.11 Å². The molecule has 1 aromatic heterocycles. The SMILES string of the molecule is CCn1nnc(C(=O)O)c1-c1cccc(F)c1. The second-order valence-corrected chi connectivity index (χ2v) is 3.42. The van der Waals surface area contributed by atoms with E-state index in [1.807, 2.05) is 6.92 Å². The predicted molar refractivity (Wildman–Crippen MR) is 58.0 cm³/mol. The standard InChI is InChI=1S/C11H10FN3O2/c1-2-15-10(9(11(16)17)13-14-15)7-4-3-5-8(12)6-7/h3-6H,2H2,1H3,(H,16,17). The maximum absolute atomic E-state index is 13.1. The van der Waals surface area contributed by atoms with Crippen LogP contribution in [0.25, 0.3) is 11.3 Å². The lowest BCUT2D eigenvalue weighted by Gasteiger charge is -2.04. The lowest BCUT2D eigenvalue weighted by molar-refractivity contribution is 0.0691. The van der Waals surface area contributed by atoms with Gasteiger partial charge in [-0.1, -0.05) is 17.3 Å². The van der Waals surface area contributed by atoms with E-state index in [0.717, 1.165) is 0 Å². The van der Waals surface area contributed by atoms with Crippen LogP contribution in [0.5, 0.6) is 0 Å². The zero-order chi connectivity index (χ0) is 12.4. The Morgan fingerprint density at radius 3 is 2.88 bits per heavy atom. The first-order valence-electron chi connectivity index (χ1n) is 5.06. The van der Waals surface area contributed by atoms with Crippen molar-refractivity contribution in [1.82, 2.24) is 15.0 Å². The Bertz CT molecular complexity index is 566. The molecule has 0 bridgehead atoms. The number of nitrogens with zero attached hydrogens (tertiary/aromatic N) is 3. The number of halogens is 1. The Kier molecular flexibility index (Phi) is 2.86. The van der Waals surface area contributed by atoms with Crippen molar-refractivity contribution >= 4 is 5.97 Å². The summed E-state index contributed by atoms with van der Waals surface area (Å²) < 4.78 is 14.6. The summed E-state index contributed by atoms with van der Waals surface area (Å²) in [6.07, 6.45) is 0. The fourth-order valence-corrected chi connectivity index (χ4v) is 1.60. The van der Waals surface area contributed by atoms with E-state index in [4.69, 9.17) is 5.11 Å². The van der Waals surface area contributed by atoms with Crippen molar-refractivity contribution in [1.29, 1.82) is 0 Å². The monoisotopic (exact) mass is 235 g/mol. The van der Waals surface area contributed by atoms with E-state index >= 15 is 0 Å². The summed E-state index contributed by atoms with van der Waals surface area (Å²) in [6.45, 7) is 2.27. The number of carboxylic acid groups (broad SMARTS) is 1. The minimum Gasteiger partial charge on any atom is -0.476 e. The number of aryl methyl sites for hydroxylation is 1. The molecule has 88 valence electrons. The molecule has 6 heteroatoms. The first-order chi connectivity index (χ1) is 8.13. The molecule has 0 fully saturated rings. The average molecular weight is 235 g/mol. The predicted octanol–water partition coefficient (Wildman–Crippen LogP) is 1.80. The smallest absolute Gasteiger partial charge is 0.358 e. The molecule has 1 aromatic carbocycles. The van der Waals surface area contributed by atoms with Crippen LogP contribution in [0.1, 0.15) is 17.4 Å². The largest absolute Gasteiger partial charge is 0.476 e. The fraction of sp³-hybridized carbons (Fsp3) is 0.182. The summed E-state index contributed by atoms with van der Waals surface area (Å²) in [4.78, 5) is 11.0. The minimum atomic E-state index is -1.18. The lowest BCUT2D eigenvalue weighted by atomic mass is 10.1. The quantitative estimate of drug-likeness (QED) is 0.880. The molecule has 0 saturated carbocycles. The van der Waals surface area contributed by atoms with Gasteiger partial charge in [-0.15, -0.1) is 5.10 Å². The van der Waals surface area contributed by atoms with E-state index in [1.54, 1.807) is 6.07 Å². The van der Waals surface area contributed by atoms with Crippen molar-refractivity contribution in [2.75, 3.05) is 0 Å². The zero-order valence-corrected chi connectivity index (χ0v) is 9.09. The number of aromatic nitrogens is 3. The number of carbonyl (C=O) groups is 1. The number of rotatable bonds is 3. The first kappa shape index (κ1) is 11.3. The third-order valence-corrected chi connectivity index (χ3v) is 2.34. The highest BCUT2D eigenvalue weighted by atomic mass is 19.1. The Morgan fingerprint density at radius 2 is 2.29 bits per heavy atom. The summed E-state index contributed by atoms with van der Waals surface area (Å²) in [5.41, 5.74) is 0.603. The second-order valence-electron chi connectivity index (χ2n) is 3.42. The molecule has 0 spiro atoms. The molecule has 1 heterocycles. The molecule has 2 rings (SSSR count). The minimum absolute atomic E-state index is 0.169. The number of hydrogen-bond acceptors (Lipinski definition) is 3. The van der Waals surface area contributed by atoms with Gasteiger partial charge in [-0.05, 0) is 19.1 Å². The Labute approximate surface area is 96.5 Å². The van der Waals surface area contributed by atoms with Gasteiger partial charge in [0.05, 0.1) is 0 Å². The van der Waals surface area contributed by atoms with E-state index in [1.165, 1.54) is 22.9 Å². The number of aromatic carboxylic acids is 1. The Morgan fingerprint density at radius 1 is 1.53 bits per heavy atom. The van der Waals surface area contributed by atoms with E-state index in [2.05, 4.69) is 10.3 Å². The van der Waals surface area contributed by atoms with Gasteiger partial charge in [0.2, 0.25) is 0 Å². The van der Waals surface area contributed by atoms with Crippen LogP contribution in [-0.2, 0) is 6.54 Å². The van der Waals surface area contributed by atoms with Gasteiger partial charge in [-0.25, -0.2) is 13.9 Å². The summed E-state index contributed by atoms with van der Waals surface area (Å²) >= 11 is 0. The summed E-state index contributed by atoms with van der Waals surface area (Å²) in [6, 6.07) is 5.70. The van der Waals surface area contributed by atoms with Crippen LogP contribution in [0.3, 0.4) is 0 Å². The highest BCUT2D eigenvalue weighted by Crippen LogP contribution is 2.22. The van der Waals surface area contributed by atoms with E-state index in [-0.39, 0.29) is 5.69 Å². The maximum atomic E-state index is 13.1. The highest BCUT2D eigenvalue weighted by Gasteiger charge is 2.19. The molecule has 0 aliphatic rings. The van der Waals surface area contributed by atoms with Crippen molar-refractivity contribution in [3.63, 3.8) is 0 Å². The summed E-state index contributed by atoms with van der Waals surface area (Å²) in [5, 5.41) is 16.3. The maximum Gasteiger partial charge on any atom is 0.358 e. The molecule has 0 atom stereocenters. The van der Waals surface area contributed by atoms with Crippen molar-refractivity contribution in [2.24, 2.45) is 0 Å². The molecule has 0 radical (unpaired) electrons. The summed E-state index contributed by atoms with van der Waals surface area (Å²) in [7, 11) is 0. The molecule has 0 unspecified atom stereocenters. The van der Waals surface area contributed by atoms with Crippen LogP contribution in [0, 0.1) is 5.82 Å². The van der Waals surface area contributed by atoms with Crippen molar-refractivity contribution in [2.45, 2.75) is 13.5 Å². The van der Waals surface area contributed by atoms with Gasteiger partial charge in [-0.3, -0.25) is 0 Å². The van der Waals surface area contributed by atoms with E-state index in [0.29, 0.717) is 17.8 Å². The van der Waals surface area contributed by atoms with Crippen LogP contribution >= 0.6 is 0 Å². The molecule has 17 heavy (non-hydrogen) atoms. The summed E-state index contributed by atoms with van der Waals surface area (Å²) in [5.74, 6) is -1.60. The third kappa shape index (κ3) is 2.01. The third-order valence-electron chi connectivity index (χ3n) is 2.34.